The summed E-state index contributed by atoms with van der Waals surface area (Å²) >= 11 is 0. The van der Waals surface area contributed by atoms with Crippen LogP contribution in [0.3, 0.4) is 0 Å². The Kier molecular flexibility index (Phi) is 9.47. The minimum absolute atomic E-state index is 0.0668. The number of benzene rings is 7. The standard InChI is InChI=1S/C54H44N2/c1-3-54(4-2)50-37-40(30-34-47(50)48-35-33-45(38-51(48)54)56(43-19-10-6-11-20-43)44-21-12-7-13-22-44)27-26-39-28-31-42(32-29-39)53-46(41-17-8-5-9-18-41)23-16-24-49(53)52-25-14-15-36-55-52/h5-38H,3-4H2,1-2H3/b27-26+. The highest BCUT2D eigenvalue weighted by Gasteiger charge is 2.41. The predicted molar refractivity (Wildman–Crippen MR) is 237 cm³/mol. The van der Waals surface area contributed by atoms with Crippen molar-refractivity contribution in [2.24, 2.45) is 0 Å². The van der Waals surface area contributed by atoms with Crippen molar-refractivity contribution in [2.75, 3.05) is 4.90 Å². The maximum atomic E-state index is 4.73. The molecule has 0 unspecified atom stereocenters. The van der Waals surface area contributed by atoms with Gasteiger partial charge in [-0.15, -0.1) is 0 Å². The van der Waals surface area contributed by atoms with Crippen molar-refractivity contribution >= 4 is 29.2 Å². The fraction of sp³-hybridized carbons (Fsp3) is 0.0926. The maximum Gasteiger partial charge on any atom is 0.0708 e. The zero-order valence-electron chi connectivity index (χ0n) is 31.9. The van der Waals surface area contributed by atoms with E-state index in [0.29, 0.717) is 0 Å². The molecule has 0 saturated heterocycles. The monoisotopic (exact) mass is 720 g/mol. The first-order valence-corrected chi connectivity index (χ1v) is 19.7. The molecule has 2 heteroatoms. The van der Waals surface area contributed by atoms with Crippen molar-refractivity contribution in [3.8, 4) is 44.6 Å². The van der Waals surface area contributed by atoms with E-state index in [1.54, 1.807) is 0 Å². The van der Waals surface area contributed by atoms with Crippen molar-refractivity contribution in [1.82, 2.24) is 4.98 Å². The third kappa shape index (κ3) is 6.33. The summed E-state index contributed by atoms with van der Waals surface area (Å²) in [5.74, 6) is 0. The number of aromatic nitrogens is 1. The Hall–Kier alpha value is -6.77. The highest BCUT2D eigenvalue weighted by molar-refractivity contribution is 5.94. The highest BCUT2D eigenvalue weighted by Crippen LogP contribution is 2.54. The molecule has 2 nitrogen and oxygen atoms in total. The Bertz CT molecular complexity index is 2530. The van der Waals surface area contributed by atoms with Gasteiger partial charge in [0, 0.05) is 34.2 Å². The average Bonchev–Trinajstić information content (AvgIpc) is 3.55. The number of para-hydroxylation sites is 2. The molecule has 0 bridgehead atoms. The molecular formula is C54H44N2. The number of rotatable bonds is 10. The van der Waals surface area contributed by atoms with E-state index in [-0.39, 0.29) is 5.41 Å². The van der Waals surface area contributed by atoms with E-state index in [2.05, 4.69) is 213 Å². The van der Waals surface area contributed by atoms with Crippen molar-refractivity contribution in [3.05, 3.63) is 217 Å². The molecule has 0 fully saturated rings. The van der Waals surface area contributed by atoms with Gasteiger partial charge in [0.25, 0.3) is 0 Å². The lowest BCUT2D eigenvalue weighted by Crippen LogP contribution is -2.23. The molecule has 1 aliphatic carbocycles. The number of nitrogens with zero attached hydrogens (tertiary/aromatic N) is 2. The molecule has 1 aromatic heterocycles. The van der Waals surface area contributed by atoms with E-state index < -0.39 is 0 Å². The first-order valence-electron chi connectivity index (χ1n) is 19.7. The van der Waals surface area contributed by atoms with Gasteiger partial charge in [0.1, 0.15) is 0 Å². The van der Waals surface area contributed by atoms with E-state index in [9.17, 15) is 0 Å². The molecule has 0 radical (unpaired) electrons. The first-order chi connectivity index (χ1) is 27.7. The third-order valence-corrected chi connectivity index (χ3v) is 11.6. The zero-order valence-corrected chi connectivity index (χ0v) is 31.9. The zero-order chi connectivity index (χ0) is 37.9. The largest absolute Gasteiger partial charge is 0.310 e. The Morgan fingerprint density at radius 1 is 0.446 bits per heavy atom. The van der Waals surface area contributed by atoms with Gasteiger partial charge in [-0.05, 0) is 117 Å². The third-order valence-electron chi connectivity index (χ3n) is 11.6. The van der Waals surface area contributed by atoms with Crippen molar-refractivity contribution < 1.29 is 0 Å². The molecule has 0 atom stereocenters. The summed E-state index contributed by atoms with van der Waals surface area (Å²) in [4.78, 5) is 7.11. The summed E-state index contributed by atoms with van der Waals surface area (Å²) in [6.07, 6.45) is 8.44. The Labute approximate surface area is 331 Å². The second-order valence-corrected chi connectivity index (χ2v) is 14.6. The van der Waals surface area contributed by atoms with Crippen LogP contribution in [0.1, 0.15) is 48.9 Å². The molecule has 9 rings (SSSR count). The minimum atomic E-state index is -0.0668. The summed E-state index contributed by atoms with van der Waals surface area (Å²) in [6, 6.07) is 67.8. The predicted octanol–water partition coefficient (Wildman–Crippen LogP) is 14.8. The van der Waals surface area contributed by atoms with Crippen LogP contribution in [0, 0.1) is 0 Å². The van der Waals surface area contributed by atoms with Gasteiger partial charge >= 0.3 is 0 Å². The van der Waals surface area contributed by atoms with Gasteiger partial charge in [0.05, 0.1) is 5.69 Å². The summed E-state index contributed by atoms with van der Waals surface area (Å²) < 4.78 is 0. The van der Waals surface area contributed by atoms with Crippen LogP contribution in [0.2, 0.25) is 0 Å². The van der Waals surface area contributed by atoms with Crippen LogP contribution in [-0.4, -0.2) is 4.98 Å². The molecule has 270 valence electrons. The first kappa shape index (κ1) is 35.0. The molecule has 0 saturated carbocycles. The summed E-state index contributed by atoms with van der Waals surface area (Å²) in [7, 11) is 0. The van der Waals surface area contributed by atoms with E-state index in [4.69, 9.17) is 4.98 Å². The summed E-state index contributed by atoms with van der Waals surface area (Å²) in [5, 5.41) is 0. The minimum Gasteiger partial charge on any atom is -0.310 e. The van der Waals surface area contributed by atoms with Gasteiger partial charge in [0.15, 0.2) is 0 Å². The number of hydrogen-bond donors (Lipinski definition) is 0. The topological polar surface area (TPSA) is 16.1 Å². The average molecular weight is 721 g/mol. The molecular weight excluding hydrogens is 677 g/mol. The summed E-state index contributed by atoms with van der Waals surface area (Å²) in [5.41, 5.74) is 18.2. The van der Waals surface area contributed by atoms with Gasteiger partial charge in [-0.2, -0.15) is 0 Å². The van der Waals surface area contributed by atoms with E-state index in [0.717, 1.165) is 41.0 Å². The van der Waals surface area contributed by atoms with E-state index in [1.807, 2.05) is 12.3 Å². The van der Waals surface area contributed by atoms with Gasteiger partial charge in [-0.25, -0.2) is 0 Å². The van der Waals surface area contributed by atoms with Crippen LogP contribution in [0.25, 0.3) is 56.8 Å². The molecule has 1 heterocycles. The Morgan fingerprint density at radius 2 is 1.02 bits per heavy atom. The molecule has 7 aromatic carbocycles. The van der Waals surface area contributed by atoms with Gasteiger partial charge < -0.3 is 4.90 Å². The molecule has 56 heavy (non-hydrogen) atoms. The van der Waals surface area contributed by atoms with E-state index >= 15 is 0 Å². The number of anilines is 3. The SMILES string of the molecule is CCC1(CC)c2cc(/C=C/c3ccc(-c4c(-c5ccccc5)cccc4-c4ccccn4)cc3)ccc2-c2ccc(N(c3ccccc3)c3ccccc3)cc21. The second-order valence-electron chi connectivity index (χ2n) is 14.6. The maximum absolute atomic E-state index is 4.73. The normalized spacial score (nSPS) is 12.7. The van der Waals surface area contributed by atoms with Crippen LogP contribution in [0.4, 0.5) is 17.1 Å². The van der Waals surface area contributed by atoms with E-state index in [1.165, 1.54) is 55.8 Å². The molecule has 1 aliphatic rings. The second kappa shape index (κ2) is 15.2. The lowest BCUT2D eigenvalue weighted by Gasteiger charge is -2.32. The van der Waals surface area contributed by atoms with Gasteiger partial charge in [-0.1, -0.05) is 166 Å². The molecule has 0 aliphatic heterocycles. The molecule has 0 amide bonds. The number of fused-ring (bicyclic) bond motifs is 3. The van der Waals surface area contributed by atoms with Crippen molar-refractivity contribution in [3.63, 3.8) is 0 Å². The lowest BCUT2D eigenvalue weighted by molar-refractivity contribution is 0.490. The van der Waals surface area contributed by atoms with Crippen LogP contribution >= 0.6 is 0 Å². The quantitative estimate of drug-likeness (QED) is 0.131. The lowest BCUT2D eigenvalue weighted by atomic mass is 9.73. The molecule has 8 aromatic rings. The molecule has 0 N–H and O–H groups in total. The number of hydrogen-bond acceptors (Lipinski definition) is 2. The van der Waals surface area contributed by atoms with Gasteiger partial charge in [-0.3, -0.25) is 4.98 Å². The van der Waals surface area contributed by atoms with Crippen LogP contribution in [0.15, 0.2) is 194 Å². The van der Waals surface area contributed by atoms with Crippen LogP contribution in [0.5, 0.6) is 0 Å². The van der Waals surface area contributed by atoms with Gasteiger partial charge in [0.2, 0.25) is 0 Å². The molecule has 0 spiro atoms. The summed E-state index contributed by atoms with van der Waals surface area (Å²) in [6.45, 7) is 4.70. The highest BCUT2D eigenvalue weighted by atomic mass is 15.1. The van der Waals surface area contributed by atoms with Crippen LogP contribution in [-0.2, 0) is 5.41 Å². The van der Waals surface area contributed by atoms with Crippen molar-refractivity contribution in [1.29, 1.82) is 0 Å². The van der Waals surface area contributed by atoms with Crippen molar-refractivity contribution in [2.45, 2.75) is 32.1 Å². The fourth-order valence-electron chi connectivity index (χ4n) is 8.77. The van der Waals surface area contributed by atoms with Crippen LogP contribution < -0.4 is 4.90 Å². The Morgan fingerprint density at radius 3 is 1.66 bits per heavy atom. The Balaban J connectivity index is 1.04. The fourth-order valence-corrected chi connectivity index (χ4v) is 8.77. The smallest absolute Gasteiger partial charge is 0.0708 e. The number of pyridine rings is 1.